The van der Waals surface area contributed by atoms with Crippen molar-refractivity contribution in [3.63, 3.8) is 0 Å². The van der Waals surface area contributed by atoms with Gasteiger partial charge in [-0.2, -0.15) is 0 Å². The molecule has 1 atom stereocenters. The molecule has 1 aromatic carbocycles. The number of sulfone groups is 1. The third-order valence-electron chi connectivity index (χ3n) is 3.07. The highest BCUT2D eigenvalue weighted by molar-refractivity contribution is 7.91. The fraction of sp³-hybridized carbons (Fsp3) is 0.600. The Kier molecular flexibility index (Phi) is 7.02. The summed E-state index contributed by atoms with van der Waals surface area (Å²) in [6.07, 6.45) is 0.969. The van der Waals surface area contributed by atoms with Crippen molar-refractivity contribution in [2.45, 2.75) is 33.2 Å². The van der Waals surface area contributed by atoms with E-state index in [0.717, 1.165) is 24.3 Å². The zero-order chi connectivity index (χ0) is 15.0. The van der Waals surface area contributed by atoms with Crippen LogP contribution in [0, 0.1) is 0 Å². The molecule has 0 aliphatic rings. The summed E-state index contributed by atoms with van der Waals surface area (Å²) >= 11 is 0. The van der Waals surface area contributed by atoms with Crippen LogP contribution in [0.15, 0.2) is 24.3 Å². The molecule has 1 N–H and O–H groups in total. The van der Waals surface area contributed by atoms with Crippen LogP contribution in [0.2, 0.25) is 0 Å². The van der Waals surface area contributed by atoms with Gasteiger partial charge in [0.05, 0.1) is 12.4 Å². The minimum atomic E-state index is -3.01. The van der Waals surface area contributed by atoms with E-state index in [2.05, 4.69) is 12.2 Å². The lowest BCUT2D eigenvalue weighted by Gasteiger charge is -2.18. The summed E-state index contributed by atoms with van der Waals surface area (Å²) < 4.78 is 29.1. The lowest BCUT2D eigenvalue weighted by Crippen LogP contribution is -2.28. The lowest BCUT2D eigenvalue weighted by atomic mass is 10.1. The Bertz CT molecular complexity index is 482. The van der Waals surface area contributed by atoms with Crippen molar-refractivity contribution < 1.29 is 13.2 Å². The van der Waals surface area contributed by atoms with Gasteiger partial charge in [-0.05, 0) is 30.7 Å². The van der Waals surface area contributed by atoms with Crippen molar-refractivity contribution in [1.82, 2.24) is 5.32 Å². The third-order valence-corrected chi connectivity index (χ3v) is 4.79. The fourth-order valence-corrected chi connectivity index (χ4v) is 2.96. The van der Waals surface area contributed by atoms with Gasteiger partial charge >= 0.3 is 0 Å². The van der Waals surface area contributed by atoms with Gasteiger partial charge in [-0.3, -0.25) is 0 Å². The summed E-state index contributed by atoms with van der Waals surface area (Å²) in [6.45, 7) is 7.15. The zero-order valence-corrected chi connectivity index (χ0v) is 13.4. The maximum atomic E-state index is 11.8. The van der Waals surface area contributed by atoms with Crippen LogP contribution in [0.4, 0.5) is 0 Å². The first-order chi connectivity index (χ1) is 9.52. The molecule has 0 fully saturated rings. The number of benzene rings is 1. The standard InChI is InChI=1S/C15H25NO3S/c1-4-11-19-14-9-7-13(8-10-14)15(16-5-2)12-20(17,18)6-3/h7-10,15-16H,4-6,11-12H2,1-3H3. The van der Waals surface area contributed by atoms with Crippen LogP contribution in [-0.2, 0) is 9.84 Å². The van der Waals surface area contributed by atoms with Gasteiger partial charge in [0.25, 0.3) is 0 Å². The fourth-order valence-electron chi connectivity index (χ4n) is 1.91. The predicted molar refractivity (Wildman–Crippen MR) is 83.0 cm³/mol. The van der Waals surface area contributed by atoms with E-state index in [-0.39, 0.29) is 17.5 Å². The second-order valence-corrected chi connectivity index (χ2v) is 7.12. The van der Waals surface area contributed by atoms with Crippen molar-refractivity contribution in [2.75, 3.05) is 24.7 Å². The molecule has 0 aliphatic heterocycles. The van der Waals surface area contributed by atoms with E-state index < -0.39 is 9.84 Å². The van der Waals surface area contributed by atoms with Gasteiger partial charge < -0.3 is 10.1 Å². The molecule has 4 nitrogen and oxygen atoms in total. The Labute approximate surface area is 122 Å². The van der Waals surface area contributed by atoms with Crippen LogP contribution < -0.4 is 10.1 Å². The first-order valence-corrected chi connectivity index (χ1v) is 9.01. The van der Waals surface area contributed by atoms with E-state index >= 15 is 0 Å². The zero-order valence-electron chi connectivity index (χ0n) is 12.6. The highest BCUT2D eigenvalue weighted by Crippen LogP contribution is 2.19. The molecule has 0 bridgehead atoms. The van der Waals surface area contributed by atoms with Gasteiger partial charge in [-0.15, -0.1) is 0 Å². The SMILES string of the molecule is CCCOc1ccc(C(CS(=O)(=O)CC)NCC)cc1. The monoisotopic (exact) mass is 299 g/mol. The van der Waals surface area contributed by atoms with Crippen molar-refractivity contribution >= 4 is 9.84 Å². The van der Waals surface area contributed by atoms with Crippen LogP contribution in [-0.4, -0.2) is 33.1 Å². The van der Waals surface area contributed by atoms with Gasteiger partial charge in [0, 0.05) is 11.8 Å². The molecule has 0 aliphatic carbocycles. The molecule has 1 unspecified atom stereocenters. The van der Waals surface area contributed by atoms with E-state index in [0.29, 0.717) is 6.61 Å². The first kappa shape index (κ1) is 17.0. The van der Waals surface area contributed by atoms with Crippen molar-refractivity contribution in [2.24, 2.45) is 0 Å². The van der Waals surface area contributed by atoms with Gasteiger partial charge in [0.15, 0.2) is 9.84 Å². The van der Waals surface area contributed by atoms with Crippen LogP contribution >= 0.6 is 0 Å². The topological polar surface area (TPSA) is 55.4 Å². The summed E-state index contributed by atoms with van der Waals surface area (Å²) in [5.74, 6) is 1.13. The minimum absolute atomic E-state index is 0.131. The average Bonchev–Trinajstić information content (AvgIpc) is 2.45. The molecular formula is C15H25NO3S. The Balaban J connectivity index is 2.81. The van der Waals surface area contributed by atoms with E-state index in [1.54, 1.807) is 6.92 Å². The predicted octanol–water partition coefficient (Wildman–Crippen LogP) is 2.56. The van der Waals surface area contributed by atoms with E-state index in [1.165, 1.54) is 0 Å². The van der Waals surface area contributed by atoms with Crippen LogP contribution in [0.3, 0.4) is 0 Å². The smallest absolute Gasteiger partial charge is 0.151 e. The van der Waals surface area contributed by atoms with Crippen molar-refractivity contribution in [1.29, 1.82) is 0 Å². The molecule has 0 spiro atoms. The average molecular weight is 299 g/mol. The van der Waals surface area contributed by atoms with Gasteiger partial charge in [-0.1, -0.05) is 32.9 Å². The Morgan fingerprint density at radius 1 is 1.15 bits per heavy atom. The van der Waals surface area contributed by atoms with Gasteiger partial charge in [-0.25, -0.2) is 8.42 Å². The first-order valence-electron chi connectivity index (χ1n) is 7.19. The summed E-state index contributed by atoms with van der Waals surface area (Å²) in [7, 11) is -3.01. The number of hydrogen-bond donors (Lipinski definition) is 1. The highest BCUT2D eigenvalue weighted by atomic mass is 32.2. The molecule has 114 valence electrons. The molecule has 1 rings (SSSR count). The largest absolute Gasteiger partial charge is 0.494 e. The van der Waals surface area contributed by atoms with Crippen LogP contribution in [0.1, 0.15) is 38.8 Å². The summed E-state index contributed by atoms with van der Waals surface area (Å²) in [6, 6.07) is 7.50. The number of ether oxygens (including phenoxy) is 1. The maximum Gasteiger partial charge on any atom is 0.151 e. The second kappa shape index (κ2) is 8.27. The minimum Gasteiger partial charge on any atom is -0.494 e. The molecule has 0 heterocycles. The highest BCUT2D eigenvalue weighted by Gasteiger charge is 2.18. The maximum absolute atomic E-state index is 11.8. The summed E-state index contributed by atoms with van der Waals surface area (Å²) in [5.41, 5.74) is 0.979. The van der Waals surface area contributed by atoms with Crippen LogP contribution in [0.25, 0.3) is 0 Å². The van der Waals surface area contributed by atoms with E-state index in [4.69, 9.17) is 4.74 Å². The number of rotatable bonds is 9. The Morgan fingerprint density at radius 2 is 1.80 bits per heavy atom. The Hall–Kier alpha value is -1.07. The molecule has 1 aromatic rings. The van der Waals surface area contributed by atoms with E-state index in [9.17, 15) is 8.42 Å². The third kappa shape index (κ3) is 5.51. The second-order valence-electron chi connectivity index (χ2n) is 4.73. The van der Waals surface area contributed by atoms with Crippen molar-refractivity contribution in [3.05, 3.63) is 29.8 Å². The molecule has 0 amide bonds. The molecule has 0 saturated heterocycles. The van der Waals surface area contributed by atoms with E-state index in [1.807, 2.05) is 31.2 Å². The number of nitrogens with one attached hydrogen (secondary N) is 1. The number of hydrogen-bond acceptors (Lipinski definition) is 4. The molecule has 0 aromatic heterocycles. The lowest BCUT2D eigenvalue weighted by molar-refractivity contribution is 0.317. The molecule has 5 heteroatoms. The van der Waals surface area contributed by atoms with Gasteiger partial charge in [0.1, 0.15) is 5.75 Å². The molecule has 20 heavy (non-hydrogen) atoms. The van der Waals surface area contributed by atoms with Crippen LogP contribution in [0.5, 0.6) is 5.75 Å². The van der Waals surface area contributed by atoms with Crippen molar-refractivity contribution in [3.8, 4) is 5.75 Å². The summed E-state index contributed by atoms with van der Waals surface area (Å²) in [5, 5.41) is 3.23. The van der Waals surface area contributed by atoms with Gasteiger partial charge in [0.2, 0.25) is 0 Å². The normalized spacial score (nSPS) is 13.2. The Morgan fingerprint density at radius 3 is 2.30 bits per heavy atom. The molecular weight excluding hydrogens is 274 g/mol. The quantitative estimate of drug-likeness (QED) is 0.761. The summed E-state index contributed by atoms with van der Waals surface area (Å²) in [4.78, 5) is 0. The molecule has 0 saturated carbocycles. The molecule has 0 radical (unpaired) electrons.